The molecule has 0 bridgehead atoms. The Kier molecular flexibility index (Phi) is 4.57. The summed E-state index contributed by atoms with van der Waals surface area (Å²) in [7, 11) is 0. The summed E-state index contributed by atoms with van der Waals surface area (Å²) in [6.45, 7) is 20.2. The van der Waals surface area contributed by atoms with Crippen LogP contribution in [0.15, 0.2) is 29.3 Å². The lowest BCUT2D eigenvalue weighted by Gasteiger charge is -2.11. The normalized spacial score (nSPS) is 14.8. The number of aliphatic imine (C=N–C) groups is 1. The van der Waals surface area contributed by atoms with Crippen LogP contribution in [0.25, 0.3) is 14.7 Å². The van der Waals surface area contributed by atoms with Crippen molar-refractivity contribution in [2.45, 2.75) is 33.2 Å². The molecule has 0 saturated carbocycles. The van der Waals surface area contributed by atoms with Gasteiger partial charge in [-0.1, -0.05) is 24.3 Å². The van der Waals surface area contributed by atoms with Crippen molar-refractivity contribution in [3.63, 3.8) is 0 Å². The van der Waals surface area contributed by atoms with E-state index in [0.29, 0.717) is 28.7 Å². The predicted octanol–water partition coefficient (Wildman–Crippen LogP) is 4.92. The van der Waals surface area contributed by atoms with Crippen LogP contribution in [-0.2, 0) is 4.79 Å². The third-order valence-electron chi connectivity index (χ3n) is 4.77. The third-order valence-corrected chi connectivity index (χ3v) is 5.85. The Balaban J connectivity index is 2.05. The van der Waals surface area contributed by atoms with Gasteiger partial charge in [-0.15, -0.1) is 21.5 Å². The molecule has 2 aromatic heterocycles. The van der Waals surface area contributed by atoms with Gasteiger partial charge in [0.05, 0.1) is 23.9 Å². The molecular weight excluding hydrogens is 384 g/mol. The number of hydrogen-bond acceptors (Lipinski definition) is 5. The van der Waals surface area contributed by atoms with Gasteiger partial charge in [-0.2, -0.15) is 0 Å². The van der Waals surface area contributed by atoms with Crippen molar-refractivity contribution in [2.75, 3.05) is 0 Å². The van der Waals surface area contributed by atoms with E-state index in [-0.39, 0.29) is 12.2 Å². The van der Waals surface area contributed by atoms with Gasteiger partial charge in [-0.25, -0.2) is 9.69 Å². The highest BCUT2D eigenvalue weighted by Crippen LogP contribution is 2.43. The van der Waals surface area contributed by atoms with Gasteiger partial charge in [0.1, 0.15) is 17.6 Å². The van der Waals surface area contributed by atoms with Crippen molar-refractivity contribution in [3.05, 3.63) is 74.8 Å². The summed E-state index contributed by atoms with van der Waals surface area (Å²) >= 11 is 1.50. The molecule has 0 unspecified atom stereocenters. The van der Waals surface area contributed by atoms with Crippen LogP contribution in [0.4, 0.5) is 11.4 Å². The molecule has 29 heavy (non-hydrogen) atoms. The first-order valence-corrected chi connectivity index (χ1v) is 9.74. The number of Topliss-reactive ketones (excluding diaryl/α,β-unsaturated/α-hetero) is 1. The molecule has 142 valence electrons. The Morgan fingerprint density at radius 1 is 1.17 bits per heavy atom. The first-order chi connectivity index (χ1) is 13.9. The Morgan fingerprint density at radius 3 is 2.52 bits per heavy atom. The van der Waals surface area contributed by atoms with Crippen molar-refractivity contribution in [1.29, 1.82) is 0 Å². The number of carbonyl (C=O) groups excluding carboxylic acids is 1. The van der Waals surface area contributed by atoms with Crippen LogP contribution in [0.3, 0.4) is 0 Å². The highest BCUT2D eigenvalue weighted by atomic mass is 32.1. The van der Waals surface area contributed by atoms with Crippen LogP contribution in [0.2, 0.25) is 0 Å². The van der Waals surface area contributed by atoms with Crippen molar-refractivity contribution in [2.24, 2.45) is 4.99 Å². The molecule has 1 atom stereocenters. The number of nitrogens with zero attached hydrogens (tertiary/aromatic N) is 6. The van der Waals surface area contributed by atoms with Gasteiger partial charge in [-0.05, 0) is 26.3 Å². The van der Waals surface area contributed by atoms with Crippen molar-refractivity contribution < 1.29 is 4.79 Å². The number of thiophene rings is 1. The van der Waals surface area contributed by atoms with Gasteiger partial charge < -0.3 is 0 Å². The second kappa shape index (κ2) is 7.08. The van der Waals surface area contributed by atoms with Gasteiger partial charge >= 0.3 is 0 Å². The molecule has 0 saturated heterocycles. The molecule has 3 heterocycles. The SMILES string of the molecule is [C-]#[N+]c1ccc(C2=N[C@@H](CC(C)=O)c3nnc(C)n3-c3sc(C)c([N+]#[C-])c32)cc1. The fourth-order valence-electron chi connectivity index (χ4n) is 3.47. The molecule has 1 aromatic carbocycles. The molecule has 1 aliphatic rings. The maximum atomic E-state index is 12.0. The molecule has 8 heteroatoms. The average Bonchev–Trinajstić information content (AvgIpc) is 3.20. The maximum Gasteiger partial charge on any atom is 0.211 e. The second-order valence-corrected chi connectivity index (χ2v) is 8.00. The molecule has 0 spiro atoms. The lowest BCUT2D eigenvalue weighted by atomic mass is 10.0. The molecule has 1 aliphatic heterocycles. The maximum absolute atomic E-state index is 12.0. The monoisotopic (exact) mass is 400 g/mol. The fourth-order valence-corrected chi connectivity index (χ4v) is 4.62. The number of aromatic nitrogens is 3. The molecule has 7 nitrogen and oxygen atoms in total. The zero-order valence-corrected chi connectivity index (χ0v) is 16.9. The summed E-state index contributed by atoms with van der Waals surface area (Å²) in [6.07, 6.45) is 0.197. The van der Waals surface area contributed by atoms with E-state index in [4.69, 9.17) is 18.1 Å². The molecular formula is C21H16N6OS. The first-order valence-electron chi connectivity index (χ1n) is 8.93. The Morgan fingerprint density at radius 2 is 1.90 bits per heavy atom. The van der Waals surface area contributed by atoms with E-state index in [9.17, 15) is 4.79 Å². The second-order valence-electron chi connectivity index (χ2n) is 6.80. The minimum absolute atomic E-state index is 0.000458. The van der Waals surface area contributed by atoms with Gasteiger partial charge in [0.25, 0.3) is 0 Å². The van der Waals surface area contributed by atoms with Gasteiger partial charge in [0.15, 0.2) is 11.5 Å². The Hall–Kier alpha value is -3.62. The van der Waals surface area contributed by atoms with Crippen LogP contribution in [0.1, 0.15) is 47.0 Å². The molecule has 0 aliphatic carbocycles. The van der Waals surface area contributed by atoms with Gasteiger partial charge in [-0.3, -0.25) is 14.4 Å². The summed E-state index contributed by atoms with van der Waals surface area (Å²) in [5.74, 6) is 1.29. The zero-order chi connectivity index (χ0) is 20.7. The fraction of sp³-hybridized carbons (Fsp3) is 0.238. The molecule has 3 aromatic rings. The molecule has 0 N–H and O–H groups in total. The van der Waals surface area contributed by atoms with E-state index < -0.39 is 6.04 Å². The lowest BCUT2D eigenvalue weighted by Crippen LogP contribution is -2.09. The molecule has 4 rings (SSSR count). The average molecular weight is 400 g/mol. The summed E-state index contributed by atoms with van der Waals surface area (Å²) in [4.78, 5) is 25.0. The van der Waals surface area contributed by atoms with Crippen LogP contribution in [0, 0.1) is 27.0 Å². The summed E-state index contributed by atoms with van der Waals surface area (Å²) in [5, 5.41) is 9.36. The Bertz CT molecular complexity index is 1250. The third kappa shape index (κ3) is 3.04. The standard InChI is InChI=1S/C21H16N6OS/c1-11(28)10-16-20-26-25-13(3)27(20)21-17(18(23-5)12(2)29-21)19(24-16)14-6-8-15(22-4)9-7-14/h6-9,16H,10H2,1-3H3/t16-/m0/s1. The number of ketones is 1. The molecule has 0 radical (unpaired) electrons. The highest BCUT2D eigenvalue weighted by molar-refractivity contribution is 7.15. The Labute approximate surface area is 172 Å². The van der Waals surface area contributed by atoms with E-state index in [1.54, 1.807) is 12.1 Å². The predicted molar refractivity (Wildman–Crippen MR) is 111 cm³/mol. The van der Waals surface area contributed by atoms with Crippen molar-refractivity contribution in [1.82, 2.24) is 14.8 Å². The van der Waals surface area contributed by atoms with Crippen molar-refractivity contribution in [3.8, 4) is 5.00 Å². The lowest BCUT2D eigenvalue weighted by molar-refractivity contribution is -0.117. The topological polar surface area (TPSA) is 68.9 Å². The molecule has 0 amide bonds. The van der Waals surface area contributed by atoms with Gasteiger partial charge in [0, 0.05) is 16.9 Å². The number of aryl methyl sites for hydroxylation is 2. The van der Waals surface area contributed by atoms with Crippen LogP contribution >= 0.6 is 11.3 Å². The van der Waals surface area contributed by atoms with E-state index >= 15 is 0 Å². The van der Waals surface area contributed by atoms with E-state index in [1.165, 1.54) is 18.3 Å². The number of rotatable bonds is 3. The van der Waals surface area contributed by atoms with Crippen molar-refractivity contribution >= 4 is 34.2 Å². The van der Waals surface area contributed by atoms with Crippen LogP contribution in [0.5, 0.6) is 0 Å². The number of benzene rings is 1. The van der Waals surface area contributed by atoms with Crippen LogP contribution in [-0.4, -0.2) is 26.3 Å². The van der Waals surface area contributed by atoms with E-state index in [0.717, 1.165) is 21.0 Å². The highest BCUT2D eigenvalue weighted by Gasteiger charge is 2.32. The minimum atomic E-state index is -0.497. The first kappa shape index (κ1) is 18.7. The summed E-state index contributed by atoms with van der Waals surface area (Å²) in [6, 6.07) is 6.64. The number of fused-ring (bicyclic) bond motifs is 3. The summed E-state index contributed by atoms with van der Waals surface area (Å²) in [5.41, 5.74) is 3.24. The zero-order valence-electron chi connectivity index (χ0n) is 16.1. The minimum Gasteiger partial charge on any atom is -0.300 e. The smallest absolute Gasteiger partial charge is 0.211 e. The molecule has 0 fully saturated rings. The number of hydrogen-bond donors (Lipinski definition) is 0. The quantitative estimate of drug-likeness (QED) is 0.586. The summed E-state index contributed by atoms with van der Waals surface area (Å²) < 4.78 is 1.92. The largest absolute Gasteiger partial charge is 0.300 e. The van der Waals surface area contributed by atoms with Crippen LogP contribution < -0.4 is 0 Å². The van der Waals surface area contributed by atoms with E-state index in [1.807, 2.05) is 30.5 Å². The number of carbonyl (C=O) groups is 1. The van der Waals surface area contributed by atoms with Gasteiger partial charge in [0.2, 0.25) is 5.69 Å². The van der Waals surface area contributed by atoms with E-state index in [2.05, 4.69) is 19.9 Å².